The molecular weight excluding hydrogens is 641 g/mol. The van der Waals surface area contributed by atoms with Gasteiger partial charge in [-0.1, -0.05) is 226 Å². The van der Waals surface area contributed by atoms with Crippen LogP contribution < -0.4 is 0 Å². The number of rotatable bonds is 39. The first-order valence-corrected chi connectivity index (χ1v) is 23.0. The van der Waals surface area contributed by atoms with Crippen LogP contribution in [0.2, 0.25) is 0 Å². The molecule has 0 saturated heterocycles. The van der Waals surface area contributed by atoms with Gasteiger partial charge < -0.3 is 9.47 Å². The Kier molecular flexibility index (Phi) is 34.7. The molecule has 4 nitrogen and oxygen atoms in total. The first-order valence-electron chi connectivity index (χ1n) is 23.0. The molecule has 0 bridgehead atoms. The van der Waals surface area contributed by atoms with Crippen LogP contribution in [0.15, 0.2) is 24.3 Å². The molecule has 0 radical (unpaired) electrons. The number of hydrogen-bond acceptors (Lipinski definition) is 4. The van der Waals surface area contributed by atoms with E-state index in [9.17, 15) is 9.59 Å². The molecule has 302 valence electrons. The molecule has 4 heteroatoms. The molecular formula is C48H86O4. The lowest BCUT2D eigenvalue weighted by Gasteiger charge is -2.07. The van der Waals surface area contributed by atoms with Gasteiger partial charge in [-0.3, -0.25) is 0 Å². The topological polar surface area (TPSA) is 52.6 Å². The normalized spacial score (nSPS) is 11.4. The highest BCUT2D eigenvalue weighted by Crippen LogP contribution is 2.17. The highest BCUT2D eigenvalue weighted by Gasteiger charge is 2.11. The van der Waals surface area contributed by atoms with E-state index in [0.717, 1.165) is 31.6 Å². The maximum Gasteiger partial charge on any atom is 0.338 e. The van der Waals surface area contributed by atoms with Crippen molar-refractivity contribution in [3.05, 3.63) is 35.4 Å². The van der Waals surface area contributed by atoms with Crippen molar-refractivity contribution in [1.82, 2.24) is 0 Å². The summed E-state index contributed by atoms with van der Waals surface area (Å²) in [6, 6.07) is 6.68. The summed E-state index contributed by atoms with van der Waals surface area (Å²) in [5.41, 5.74) is 0.975. The zero-order valence-corrected chi connectivity index (χ0v) is 35.0. The zero-order chi connectivity index (χ0) is 37.6. The van der Waals surface area contributed by atoms with Crippen LogP contribution in [0.4, 0.5) is 0 Å². The molecule has 0 heterocycles. The molecule has 1 aromatic rings. The molecule has 0 aliphatic rings. The van der Waals surface area contributed by atoms with E-state index in [1.54, 1.807) is 24.3 Å². The van der Waals surface area contributed by atoms with Crippen molar-refractivity contribution in [2.24, 2.45) is 5.92 Å². The summed E-state index contributed by atoms with van der Waals surface area (Å²) >= 11 is 0. The molecule has 0 unspecified atom stereocenters. The van der Waals surface area contributed by atoms with Crippen molar-refractivity contribution >= 4 is 11.9 Å². The molecule has 0 saturated carbocycles. The van der Waals surface area contributed by atoms with Gasteiger partial charge in [-0.15, -0.1) is 0 Å². The minimum Gasteiger partial charge on any atom is -0.462 e. The average molecular weight is 727 g/mol. The third-order valence-electron chi connectivity index (χ3n) is 10.7. The molecule has 0 atom stereocenters. The Morgan fingerprint density at radius 3 is 0.865 bits per heavy atom. The maximum absolute atomic E-state index is 12.4. The minimum atomic E-state index is -0.316. The number of benzene rings is 1. The number of hydrogen-bond donors (Lipinski definition) is 0. The lowest BCUT2D eigenvalue weighted by atomic mass is 10.0. The SMILES string of the molecule is CCCCCCCCCCCCCCCCCCCCCCOC(=O)c1ccc(C(=O)OCCCCCCCCCCCCCCCC(C)C)cc1. The molecule has 0 fully saturated rings. The third kappa shape index (κ3) is 31.7. The first-order chi connectivity index (χ1) is 25.5. The van der Waals surface area contributed by atoms with E-state index in [1.807, 2.05) is 0 Å². The van der Waals surface area contributed by atoms with Crippen LogP contribution in [-0.4, -0.2) is 25.2 Å². The van der Waals surface area contributed by atoms with Crippen LogP contribution >= 0.6 is 0 Å². The van der Waals surface area contributed by atoms with Gasteiger partial charge in [0.05, 0.1) is 24.3 Å². The molecule has 52 heavy (non-hydrogen) atoms. The molecule has 0 aliphatic carbocycles. The van der Waals surface area contributed by atoms with Crippen LogP contribution in [0.5, 0.6) is 0 Å². The summed E-state index contributed by atoms with van der Waals surface area (Å²) in [4.78, 5) is 24.9. The van der Waals surface area contributed by atoms with Gasteiger partial charge in [0.1, 0.15) is 0 Å². The first kappa shape index (κ1) is 48.2. The lowest BCUT2D eigenvalue weighted by molar-refractivity contribution is 0.0483. The van der Waals surface area contributed by atoms with Gasteiger partial charge in [0.2, 0.25) is 0 Å². The fraction of sp³-hybridized carbons (Fsp3) is 0.833. The molecule has 0 aromatic heterocycles. The van der Waals surface area contributed by atoms with Gasteiger partial charge in [0.15, 0.2) is 0 Å². The van der Waals surface area contributed by atoms with Crippen molar-refractivity contribution in [1.29, 1.82) is 0 Å². The minimum absolute atomic E-state index is 0.315. The highest BCUT2D eigenvalue weighted by atomic mass is 16.5. The Hall–Kier alpha value is -1.84. The van der Waals surface area contributed by atoms with Gasteiger partial charge in [0, 0.05) is 0 Å². The molecule has 1 rings (SSSR count). The quantitative estimate of drug-likeness (QED) is 0.0501. The van der Waals surface area contributed by atoms with E-state index in [1.165, 1.54) is 193 Å². The monoisotopic (exact) mass is 727 g/mol. The van der Waals surface area contributed by atoms with Crippen LogP contribution in [0.1, 0.15) is 260 Å². The summed E-state index contributed by atoms with van der Waals surface area (Å²) < 4.78 is 10.9. The molecule has 0 N–H and O–H groups in total. The predicted molar refractivity (Wildman–Crippen MR) is 224 cm³/mol. The molecule has 0 aliphatic heterocycles. The van der Waals surface area contributed by atoms with E-state index < -0.39 is 0 Å². The van der Waals surface area contributed by atoms with Crippen LogP contribution in [0, 0.1) is 5.92 Å². The predicted octanol–water partition coefficient (Wildman–Crippen LogP) is 15.9. The van der Waals surface area contributed by atoms with Gasteiger partial charge in [-0.2, -0.15) is 0 Å². The van der Waals surface area contributed by atoms with E-state index in [0.29, 0.717) is 24.3 Å². The van der Waals surface area contributed by atoms with Gasteiger partial charge in [0.25, 0.3) is 0 Å². The second kappa shape index (κ2) is 37.5. The Labute approximate surface area is 323 Å². The van der Waals surface area contributed by atoms with Crippen LogP contribution in [0.25, 0.3) is 0 Å². The van der Waals surface area contributed by atoms with Crippen molar-refractivity contribution in [3.63, 3.8) is 0 Å². The van der Waals surface area contributed by atoms with Gasteiger partial charge in [-0.05, 0) is 43.0 Å². The van der Waals surface area contributed by atoms with Crippen molar-refractivity contribution in [2.45, 2.75) is 239 Å². The summed E-state index contributed by atoms with van der Waals surface area (Å²) in [5.74, 6) is 0.223. The summed E-state index contributed by atoms with van der Waals surface area (Å²) in [5, 5.41) is 0. The Balaban J connectivity index is 1.88. The highest BCUT2D eigenvalue weighted by molar-refractivity contribution is 5.93. The number of esters is 2. The van der Waals surface area contributed by atoms with Crippen molar-refractivity contribution in [3.8, 4) is 0 Å². The maximum atomic E-state index is 12.4. The van der Waals surface area contributed by atoms with Gasteiger partial charge >= 0.3 is 11.9 Å². The summed E-state index contributed by atoms with van der Waals surface area (Å²) in [7, 11) is 0. The van der Waals surface area contributed by atoms with E-state index in [2.05, 4.69) is 20.8 Å². The number of carbonyl (C=O) groups excluding carboxylic acids is 2. The Morgan fingerprint density at radius 2 is 0.615 bits per heavy atom. The van der Waals surface area contributed by atoms with E-state index in [4.69, 9.17) is 9.47 Å². The smallest absolute Gasteiger partial charge is 0.338 e. The number of carbonyl (C=O) groups is 2. The third-order valence-corrected chi connectivity index (χ3v) is 10.7. The number of unbranched alkanes of at least 4 members (excludes halogenated alkanes) is 31. The summed E-state index contributed by atoms with van der Waals surface area (Å²) in [6.07, 6.45) is 45.5. The Bertz CT molecular complexity index is 907. The van der Waals surface area contributed by atoms with E-state index >= 15 is 0 Å². The fourth-order valence-corrected chi connectivity index (χ4v) is 7.20. The summed E-state index contributed by atoms with van der Waals surface area (Å²) in [6.45, 7) is 7.85. The second-order valence-corrected chi connectivity index (χ2v) is 16.3. The van der Waals surface area contributed by atoms with Gasteiger partial charge in [-0.25, -0.2) is 9.59 Å². The Morgan fingerprint density at radius 1 is 0.385 bits per heavy atom. The van der Waals surface area contributed by atoms with E-state index in [-0.39, 0.29) is 11.9 Å². The average Bonchev–Trinajstić information content (AvgIpc) is 3.15. The molecule has 0 spiro atoms. The van der Waals surface area contributed by atoms with Crippen LogP contribution in [0.3, 0.4) is 0 Å². The van der Waals surface area contributed by atoms with Crippen LogP contribution in [-0.2, 0) is 9.47 Å². The molecule has 0 amide bonds. The standard InChI is InChI=1S/C48H86O4/c1-4-5-6-7-8-9-10-11-12-13-14-15-16-17-20-23-26-29-32-35-42-51-47(49)45-38-40-46(41-39-45)48(50)52-43-36-33-30-27-24-21-18-19-22-25-28-31-34-37-44(2)3/h38-41,44H,4-37,42-43H2,1-3H3. The van der Waals surface area contributed by atoms with Crippen molar-refractivity contribution < 1.29 is 19.1 Å². The second-order valence-electron chi connectivity index (χ2n) is 16.3. The van der Waals surface area contributed by atoms with Crippen molar-refractivity contribution in [2.75, 3.05) is 13.2 Å². The lowest BCUT2D eigenvalue weighted by Crippen LogP contribution is -2.09. The largest absolute Gasteiger partial charge is 0.462 e. The number of ether oxygens (including phenoxy) is 2. The molecule has 1 aromatic carbocycles. The zero-order valence-electron chi connectivity index (χ0n) is 35.0. The fourth-order valence-electron chi connectivity index (χ4n) is 7.20.